The molecule has 0 atom stereocenters. The van der Waals surface area contributed by atoms with Crippen LogP contribution in [0.3, 0.4) is 0 Å². The van der Waals surface area contributed by atoms with Crippen LogP contribution in [0.4, 0.5) is 0 Å². The largest absolute Gasteiger partial charge is 0.507 e. The van der Waals surface area contributed by atoms with Gasteiger partial charge in [-0.2, -0.15) is 0 Å². The first-order valence-electron chi connectivity index (χ1n) is 9.55. The SMILES string of the molecule is O=Cc1cc(-c2nc(-c3ccc(O)c(C=O)c3)nc(-c3ccc(O)c(C=O)c3)n2)ccc1O. The zero-order chi connectivity index (χ0) is 23.5. The van der Waals surface area contributed by atoms with Gasteiger partial charge in [0.05, 0.1) is 16.7 Å². The summed E-state index contributed by atoms with van der Waals surface area (Å²) in [5, 5.41) is 29.4. The van der Waals surface area contributed by atoms with Crippen LogP contribution >= 0.6 is 0 Å². The van der Waals surface area contributed by atoms with Gasteiger partial charge < -0.3 is 15.3 Å². The number of aromatic hydroxyl groups is 3. The first-order chi connectivity index (χ1) is 15.9. The number of aromatic nitrogens is 3. The van der Waals surface area contributed by atoms with Gasteiger partial charge in [0.1, 0.15) is 17.2 Å². The third-order valence-electron chi connectivity index (χ3n) is 4.87. The summed E-state index contributed by atoms with van der Waals surface area (Å²) >= 11 is 0. The molecule has 0 aliphatic rings. The van der Waals surface area contributed by atoms with Crippen LogP contribution in [-0.2, 0) is 0 Å². The predicted octanol–water partition coefficient (Wildman–Crippen LogP) is 3.43. The highest BCUT2D eigenvalue weighted by Crippen LogP contribution is 2.30. The first-order valence-corrected chi connectivity index (χ1v) is 9.55. The molecule has 0 radical (unpaired) electrons. The maximum absolute atomic E-state index is 11.3. The molecule has 0 spiro atoms. The summed E-state index contributed by atoms with van der Waals surface area (Å²) in [6.45, 7) is 0. The number of aldehydes is 3. The van der Waals surface area contributed by atoms with Crippen LogP contribution in [0.2, 0.25) is 0 Å². The summed E-state index contributed by atoms with van der Waals surface area (Å²) in [5.41, 5.74) is 1.33. The minimum absolute atomic E-state index is 0.0387. The Bertz CT molecular complexity index is 1240. The lowest BCUT2D eigenvalue weighted by atomic mass is 10.1. The Morgan fingerprint density at radius 1 is 0.485 bits per heavy atom. The number of phenols is 3. The van der Waals surface area contributed by atoms with E-state index in [9.17, 15) is 29.7 Å². The zero-order valence-electron chi connectivity index (χ0n) is 16.8. The minimum Gasteiger partial charge on any atom is -0.507 e. The fraction of sp³-hybridized carbons (Fsp3) is 0. The molecule has 33 heavy (non-hydrogen) atoms. The second-order valence-corrected chi connectivity index (χ2v) is 6.98. The molecule has 0 aliphatic heterocycles. The molecule has 9 heteroatoms. The third-order valence-corrected chi connectivity index (χ3v) is 4.87. The van der Waals surface area contributed by atoms with E-state index in [0.717, 1.165) is 0 Å². The number of rotatable bonds is 6. The molecule has 0 aliphatic carbocycles. The number of carbonyl (C=O) groups excluding carboxylic acids is 3. The number of carbonyl (C=O) groups is 3. The van der Waals surface area contributed by atoms with Crippen molar-refractivity contribution in [3.63, 3.8) is 0 Å². The lowest BCUT2D eigenvalue weighted by Crippen LogP contribution is -2.01. The first kappa shape index (κ1) is 21.3. The van der Waals surface area contributed by atoms with Gasteiger partial charge >= 0.3 is 0 Å². The summed E-state index contributed by atoms with van der Waals surface area (Å²) in [6, 6.07) is 12.8. The van der Waals surface area contributed by atoms with Crippen molar-refractivity contribution in [2.75, 3.05) is 0 Å². The number of hydrogen-bond acceptors (Lipinski definition) is 9. The van der Waals surface area contributed by atoms with Gasteiger partial charge in [-0.1, -0.05) is 0 Å². The van der Waals surface area contributed by atoms with Gasteiger partial charge in [0.2, 0.25) is 0 Å². The van der Waals surface area contributed by atoms with E-state index in [-0.39, 0.29) is 51.4 Å². The van der Waals surface area contributed by atoms with Crippen molar-refractivity contribution in [2.45, 2.75) is 0 Å². The maximum Gasteiger partial charge on any atom is 0.164 e. The van der Waals surface area contributed by atoms with E-state index in [2.05, 4.69) is 15.0 Å². The molecule has 0 bridgehead atoms. The van der Waals surface area contributed by atoms with Gasteiger partial charge in [0.25, 0.3) is 0 Å². The molecule has 4 rings (SSSR count). The van der Waals surface area contributed by atoms with E-state index in [1.165, 1.54) is 54.6 Å². The Morgan fingerprint density at radius 3 is 1.00 bits per heavy atom. The summed E-state index contributed by atoms with van der Waals surface area (Å²) in [6.07, 6.45) is 1.48. The molecule has 1 aromatic heterocycles. The second-order valence-electron chi connectivity index (χ2n) is 6.98. The van der Waals surface area contributed by atoms with Gasteiger partial charge in [0, 0.05) is 16.7 Å². The number of benzene rings is 3. The normalized spacial score (nSPS) is 10.5. The third kappa shape index (κ3) is 4.15. The minimum atomic E-state index is -0.202. The molecule has 3 aromatic carbocycles. The average Bonchev–Trinajstić information content (AvgIpc) is 2.84. The molecule has 1 heterocycles. The monoisotopic (exact) mass is 441 g/mol. The Labute approximate surface area is 186 Å². The van der Waals surface area contributed by atoms with Crippen molar-refractivity contribution in [2.24, 2.45) is 0 Å². The lowest BCUT2D eigenvalue weighted by molar-refractivity contribution is 0.111. The van der Waals surface area contributed by atoms with Crippen LogP contribution in [0, 0.1) is 0 Å². The Balaban J connectivity index is 1.96. The van der Waals surface area contributed by atoms with Crippen molar-refractivity contribution in [1.29, 1.82) is 0 Å². The molecule has 3 N–H and O–H groups in total. The molecule has 4 aromatic rings. The molecular weight excluding hydrogens is 426 g/mol. The second kappa shape index (κ2) is 8.67. The van der Waals surface area contributed by atoms with Crippen molar-refractivity contribution in [3.05, 3.63) is 71.3 Å². The molecule has 0 saturated carbocycles. The Hall–Kier alpha value is -4.92. The lowest BCUT2D eigenvalue weighted by Gasteiger charge is -2.10. The van der Waals surface area contributed by atoms with Gasteiger partial charge in [-0.25, -0.2) is 15.0 Å². The molecule has 162 valence electrons. The molecule has 0 saturated heterocycles. The van der Waals surface area contributed by atoms with Gasteiger partial charge in [-0.3, -0.25) is 14.4 Å². The number of phenolic OH excluding ortho intramolecular Hbond substituents is 3. The highest BCUT2D eigenvalue weighted by Gasteiger charge is 2.15. The predicted molar refractivity (Wildman–Crippen MR) is 117 cm³/mol. The van der Waals surface area contributed by atoms with Gasteiger partial charge in [0.15, 0.2) is 36.3 Å². The van der Waals surface area contributed by atoms with E-state index in [0.29, 0.717) is 35.5 Å². The Kier molecular flexibility index (Phi) is 5.60. The van der Waals surface area contributed by atoms with E-state index in [4.69, 9.17) is 0 Å². The quantitative estimate of drug-likeness (QED) is 0.382. The van der Waals surface area contributed by atoms with Crippen molar-refractivity contribution in [1.82, 2.24) is 15.0 Å². The fourth-order valence-corrected chi connectivity index (χ4v) is 3.13. The highest BCUT2D eigenvalue weighted by atomic mass is 16.3. The van der Waals surface area contributed by atoms with E-state index in [1.807, 2.05) is 0 Å². The van der Waals surface area contributed by atoms with Crippen LogP contribution in [0.25, 0.3) is 34.2 Å². The summed E-state index contributed by atoms with van der Waals surface area (Å²) in [4.78, 5) is 47.1. The van der Waals surface area contributed by atoms with E-state index < -0.39 is 0 Å². The maximum atomic E-state index is 11.3. The number of nitrogens with zero attached hydrogens (tertiary/aromatic N) is 3. The van der Waals surface area contributed by atoms with Crippen molar-refractivity contribution >= 4 is 18.9 Å². The van der Waals surface area contributed by atoms with Gasteiger partial charge in [-0.05, 0) is 54.6 Å². The number of hydrogen-bond donors (Lipinski definition) is 3. The van der Waals surface area contributed by atoms with Crippen LogP contribution in [0.5, 0.6) is 17.2 Å². The van der Waals surface area contributed by atoms with Gasteiger partial charge in [-0.15, -0.1) is 0 Å². The molecular formula is C24H15N3O6. The topological polar surface area (TPSA) is 151 Å². The average molecular weight is 441 g/mol. The highest BCUT2D eigenvalue weighted by molar-refractivity contribution is 5.84. The van der Waals surface area contributed by atoms with Crippen molar-refractivity contribution in [3.8, 4) is 51.4 Å². The molecule has 9 nitrogen and oxygen atoms in total. The molecule has 0 unspecified atom stereocenters. The van der Waals surface area contributed by atoms with Crippen LogP contribution < -0.4 is 0 Å². The summed E-state index contributed by atoms with van der Waals surface area (Å²) < 4.78 is 0. The van der Waals surface area contributed by atoms with Crippen LogP contribution in [0.1, 0.15) is 31.1 Å². The standard InChI is InChI=1S/C24H15N3O6/c28-10-16-7-13(1-4-19(16)31)22-25-23(14-2-5-20(32)17(8-14)11-29)27-24(26-22)15-3-6-21(33)18(9-15)12-30/h1-12,31-33H. The fourth-order valence-electron chi connectivity index (χ4n) is 3.13. The summed E-state index contributed by atoms with van der Waals surface area (Å²) in [7, 11) is 0. The van der Waals surface area contributed by atoms with E-state index >= 15 is 0 Å². The van der Waals surface area contributed by atoms with E-state index in [1.54, 1.807) is 0 Å². The summed E-state index contributed by atoms with van der Waals surface area (Å²) in [5.74, 6) is -0.150. The Morgan fingerprint density at radius 2 is 0.758 bits per heavy atom. The van der Waals surface area contributed by atoms with Crippen LogP contribution in [0.15, 0.2) is 54.6 Å². The van der Waals surface area contributed by atoms with Crippen LogP contribution in [-0.4, -0.2) is 49.1 Å². The zero-order valence-corrected chi connectivity index (χ0v) is 16.8. The molecule has 0 amide bonds. The molecule has 0 fully saturated rings. The smallest absolute Gasteiger partial charge is 0.164 e. The van der Waals surface area contributed by atoms with Crippen molar-refractivity contribution < 1.29 is 29.7 Å².